The molecule has 1 aliphatic rings. The van der Waals surface area contributed by atoms with E-state index in [1.165, 1.54) is 20.1 Å². The number of halogens is 1. The average Bonchev–Trinajstić information content (AvgIpc) is 2.90. The number of imide groups is 1. The number of esters is 1. The topological polar surface area (TPSA) is 82.1 Å². The number of benzene rings is 1. The van der Waals surface area contributed by atoms with Gasteiger partial charge in [0.1, 0.15) is 6.04 Å². The molecule has 0 aromatic heterocycles. The maximum absolute atomic E-state index is 12.6. The molecule has 0 saturated carbocycles. The molecule has 0 unspecified atom stereocenters. The van der Waals surface area contributed by atoms with Crippen LogP contribution >= 0.6 is 23.4 Å². The predicted molar refractivity (Wildman–Crippen MR) is 103 cm³/mol. The first-order valence-electron chi connectivity index (χ1n) is 8.28. The minimum Gasteiger partial charge on any atom is -0.493 e. The molecule has 0 bridgehead atoms. The Morgan fingerprint density at radius 3 is 2.56 bits per heavy atom. The van der Waals surface area contributed by atoms with Gasteiger partial charge in [0, 0.05) is 6.07 Å². The molecular weight excluding hydrogens is 394 g/mol. The van der Waals surface area contributed by atoms with Crippen LogP contribution in [-0.4, -0.2) is 48.4 Å². The smallest absolute Gasteiger partial charge is 0.329 e. The lowest BCUT2D eigenvalue weighted by Crippen LogP contribution is -2.42. The summed E-state index contributed by atoms with van der Waals surface area (Å²) in [5.41, 5.74) is 0.496. The van der Waals surface area contributed by atoms with Crippen molar-refractivity contribution in [3.05, 3.63) is 27.6 Å². The highest BCUT2D eigenvalue weighted by Gasteiger charge is 2.41. The maximum Gasteiger partial charge on any atom is 0.329 e. The maximum atomic E-state index is 12.6. The zero-order valence-corrected chi connectivity index (χ0v) is 17.0. The normalized spacial score (nSPS) is 16.6. The van der Waals surface area contributed by atoms with Crippen molar-refractivity contribution < 1.29 is 28.6 Å². The number of carbonyl (C=O) groups excluding carboxylic acids is 3. The molecule has 1 heterocycles. The van der Waals surface area contributed by atoms with Gasteiger partial charge in [0.2, 0.25) is 0 Å². The van der Waals surface area contributed by atoms with Crippen LogP contribution in [0.25, 0.3) is 6.08 Å². The van der Waals surface area contributed by atoms with E-state index in [-0.39, 0.29) is 11.5 Å². The van der Waals surface area contributed by atoms with Crippen LogP contribution in [0, 0.1) is 0 Å². The fourth-order valence-corrected chi connectivity index (χ4v) is 3.52. The van der Waals surface area contributed by atoms with Gasteiger partial charge in [0.25, 0.3) is 11.1 Å². The molecule has 146 valence electrons. The summed E-state index contributed by atoms with van der Waals surface area (Å²) in [4.78, 5) is 37.8. The van der Waals surface area contributed by atoms with Crippen molar-refractivity contribution in [2.75, 3.05) is 20.3 Å². The summed E-state index contributed by atoms with van der Waals surface area (Å²) in [5, 5.41) is -0.206. The molecule has 1 aromatic rings. The van der Waals surface area contributed by atoms with E-state index >= 15 is 0 Å². The number of hydrogen-bond acceptors (Lipinski definition) is 7. The van der Waals surface area contributed by atoms with Gasteiger partial charge in [0.15, 0.2) is 11.5 Å². The highest BCUT2D eigenvalue weighted by atomic mass is 35.5. The number of nitrogens with zero attached hydrogens (tertiary/aromatic N) is 1. The number of ether oxygens (including phenoxy) is 3. The van der Waals surface area contributed by atoms with Crippen LogP contribution in [0.5, 0.6) is 11.5 Å². The van der Waals surface area contributed by atoms with Crippen LogP contribution in [0.1, 0.15) is 26.3 Å². The first-order valence-corrected chi connectivity index (χ1v) is 9.47. The van der Waals surface area contributed by atoms with E-state index in [1.807, 2.05) is 6.92 Å². The molecule has 0 N–H and O–H groups in total. The number of rotatable bonds is 7. The Labute approximate surface area is 166 Å². The summed E-state index contributed by atoms with van der Waals surface area (Å²) < 4.78 is 15.6. The van der Waals surface area contributed by atoms with Crippen molar-refractivity contribution in [1.82, 2.24) is 4.90 Å². The Balaban J connectivity index is 2.35. The van der Waals surface area contributed by atoms with E-state index in [9.17, 15) is 14.4 Å². The van der Waals surface area contributed by atoms with Crippen LogP contribution in [0.4, 0.5) is 4.79 Å². The van der Waals surface area contributed by atoms with Gasteiger partial charge in [-0.15, -0.1) is 0 Å². The van der Waals surface area contributed by atoms with Gasteiger partial charge in [-0.2, -0.15) is 0 Å². The molecule has 0 aliphatic carbocycles. The lowest BCUT2D eigenvalue weighted by molar-refractivity contribution is -0.150. The van der Waals surface area contributed by atoms with Gasteiger partial charge in [-0.1, -0.05) is 11.6 Å². The summed E-state index contributed by atoms with van der Waals surface area (Å²) in [6, 6.07) is 2.20. The van der Waals surface area contributed by atoms with Crippen molar-refractivity contribution in [3.63, 3.8) is 0 Å². The third-order valence-electron chi connectivity index (χ3n) is 3.71. The SMILES string of the molecule is CCOC(=O)[C@@H](C)N1C(=O)S/C(=C/c2cc(OCC)c(OC)cc2Cl)C1=O. The lowest BCUT2D eigenvalue weighted by atomic mass is 10.1. The van der Waals surface area contributed by atoms with E-state index < -0.39 is 23.2 Å². The fourth-order valence-electron chi connectivity index (χ4n) is 2.41. The largest absolute Gasteiger partial charge is 0.493 e. The Hall–Kier alpha value is -2.19. The zero-order valence-electron chi connectivity index (χ0n) is 15.4. The molecular formula is C18H20ClNO6S. The summed E-state index contributed by atoms with van der Waals surface area (Å²) in [5.74, 6) is -0.282. The number of thioether (sulfide) groups is 1. The van der Waals surface area contributed by atoms with Gasteiger partial charge < -0.3 is 14.2 Å². The molecule has 1 fully saturated rings. The Morgan fingerprint density at radius 1 is 1.26 bits per heavy atom. The molecule has 1 aliphatic heterocycles. The Bertz CT molecular complexity index is 794. The van der Waals surface area contributed by atoms with Crippen LogP contribution in [0.2, 0.25) is 5.02 Å². The van der Waals surface area contributed by atoms with Gasteiger partial charge in [-0.3, -0.25) is 14.5 Å². The molecule has 9 heteroatoms. The number of hydrogen-bond donors (Lipinski definition) is 0. The molecule has 1 atom stereocenters. The second-order valence-corrected chi connectivity index (χ2v) is 6.84. The molecule has 0 spiro atoms. The summed E-state index contributed by atoms with van der Waals surface area (Å²) in [6.07, 6.45) is 1.49. The van der Waals surface area contributed by atoms with Crippen LogP contribution in [-0.2, 0) is 14.3 Å². The first kappa shape index (κ1) is 21.1. The highest BCUT2D eigenvalue weighted by Crippen LogP contribution is 2.38. The molecule has 27 heavy (non-hydrogen) atoms. The van der Waals surface area contributed by atoms with E-state index in [4.69, 9.17) is 25.8 Å². The van der Waals surface area contributed by atoms with Gasteiger partial charge in [-0.05, 0) is 50.2 Å². The summed E-state index contributed by atoms with van der Waals surface area (Å²) in [6.45, 7) is 5.52. The predicted octanol–water partition coefficient (Wildman–Crippen LogP) is 3.74. The molecule has 2 amide bonds. The Kier molecular flexibility index (Phi) is 7.15. The van der Waals surface area contributed by atoms with E-state index in [2.05, 4.69) is 0 Å². The lowest BCUT2D eigenvalue weighted by Gasteiger charge is -2.19. The van der Waals surface area contributed by atoms with Gasteiger partial charge in [0.05, 0.1) is 30.3 Å². The minimum atomic E-state index is -1.01. The van der Waals surface area contributed by atoms with E-state index in [1.54, 1.807) is 19.1 Å². The van der Waals surface area contributed by atoms with E-state index in [0.717, 1.165) is 16.7 Å². The third-order valence-corrected chi connectivity index (χ3v) is 4.92. The highest BCUT2D eigenvalue weighted by molar-refractivity contribution is 8.18. The molecule has 0 radical (unpaired) electrons. The number of amides is 2. The van der Waals surface area contributed by atoms with Gasteiger partial charge in [-0.25, -0.2) is 4.79 Å². The van der Waals surface area contributed by atoms with Crippen LogP contribution in [0.3, 0.4) is 0 Å². The Morgan fingerprint density at radius 2 is 1.96 bits per heavy atom. The van der Waals surface area contributed by atoms with Crippen molar-refractivity contribution in [2.45, 2.75) is 26.8 Å². The molecule has 1 aromatic carbocycles. The zero-order chi connectivity index (χ0) is 20.1. The summed E-state index contributed by atoms with van der Waals surface area (Å²) in [7, 11) is 1.50. The second-order valence-electron chi connectivity index (χ2n) is 5.44. The quantitative estimate of drug-likeness (QED) is 0.497. The number of carbonyl (C=O) groups is 3. The monoisotopic (exact) mass is 413 g/mol. The van der Waals surface area contributed by atoms with Crippen molar-refractivity contribution >= 4 is 46.6 Å². The van der Waals surface area contributed by atoms with Crippen LogP contribution in [0.15, 0.2) is 17.0 Å². The second kappa shape index (κ2) is 9.14. The average molecular weight is 414 g/mol. The molecule has 1 saturated heterocycles. The molecule has 7 nitrogen and oxygen atoms in total. The minimum absolute atomic E-state index is 0.158. The van der Waals surface area contributed by atoms with Crippen molar-refractivity contribution in [3.8, 4) is 11.5 Å². The third kappa shape index (κ3) is 4.56. The van der Waals surface area contributed by atoms with Crippen molar-refractivity contribution in [1.29, 1.82) is 0 Å². The fraction of sp³-hybridized carbons (Fsp3) is 0.389. The van der Waals surface area contributed by atoms with Crippen LogP contribution < -0.4 is 9.47 Å². The molecule has 2 rings (SSSR count). The standard InChI is InChI=1S/C18H20ClNO6S/c1-5-25-14-7-11(12(19)9-13(14)24-4)8-15-16(21)20(18(23)27-15)10(3)17(22)26-6-2/h7-10H,5-6H2,1-4H3/b15-8+/t10-/m1/s1. The first-order chi connectivity index (χ1) is 12.8. The summed E-state index contributed by atoms with van der Waals surface area (Å²) >= 11 is 7.00. The van der Waals surface area contributed by atoms with Gasteiger partial charge >= 0.3 is 5.97 Å². The van der Waals surface area contributed by atoms with Crippen molar-refractivity contribution in [2.24, 2.45) is 0 Å². The number of methoxy groups -OCH3 is 1. The van der Waals surface area contributed by atoms with E-state index in [0.29, 0.717) is 28.7 Å².